The predicted molar refractivity (Wildman–Crippen MR) is 78.9 cm³/mol. The van der Waals surface area contributed by atoms with Gasteiger partial charge in [-0.3, -0.25) is 0 Å². The summed E-state index contributed by atoms with van der Waals surface area (Å²) in [5, 5.41) is 2.96. The summed E-state index contributed by atoms with van der Waals surface area (Å²) in [6, 6.07) is 16.9. The van der Waals surface area contributed by atoms with Crippen LogP contribution < -0.4 is 15.3 Å². The van der Waals surface area contributed by atoms with Crippen molar-refractivity contribution in [1.82, 2.24) is 0 Å². The van der Waals surface area contributed by atoms with Gasteiger partial charge in [-0.15, -0.1) is 0 Å². The van der Waals surface area contributed by atoms with Crippen molar-refractivity contribution < 1.29 is 4.74 Å². The Bertz CT molecular complexity index is 538. The Kier molecular flexibility index (Phi) is 2.68. The van der Waals surface area contributed by atoms with E-state index in [1.54, 1.807) is 0 Å². The van der Waals surface area contributed by atoms with Crippen molar-refractivity contribution >= 4 is 18.5 Å². The highest BCUT2D eigenvalue weighted by Crippen LogP contribution is 2.53. The summed E-state index contributed by atoms with van der Waals surface area (Å²) >= 11 is 0. The average molecular weight is 256 g/mol. The molecule has 0 atom stereocenters. The van der Waals surface area contributed by atoms with Crippen LogP contribution in [-0.4, -0.2) is 5.16 Å². The molecule has 2 heteroatoms. The number of fused-ring (bicyclic) bond motifs is 2. The number of benzene rings is 2. The molecule has 0 unspecified atom stereocenters. The van der Waals surface area contributed by atoms with Crippen LogP contribution in [0.3, 0.4) is 0 Å². The zero-order chi connectivity index (χ0) is 12.8. The third-order valence-corrected chi connectivity index (χ3v) is 6.15. The molecule has 0 spiro atoms. The van der Waals surface area contributed by atoms with Gasteiger partial charge in [0.15, 0.2) is 0 Å². The SMILES string of the molecule is CC(C)(C)P1c2ccccc2Oc2ccccc21. The second-order valence-corrected chi connectivity index (χ2v) is 8.52. The molecule has 0 radical (unpaired) electrons. The molecular weight excluding hydrogens is 239 g/mol. The molecule has 0 N–H and O–H groups in total. The van der Waals surface area contributed by atoms with Crippen molar-refractivity contribution in [1.29, 1.82) is 0 Å². The fourth-order valence-corrected chi connectivity index (χ4v) is 5.28. The summed E-state index contributed by atoms with van der Waals surface area (Å²) in [6.45, 7) is 6.95. The van der Waals surface area contributed by atoms with Gasteiger partial charge in [-0.25, -0.2) is 0 Å². The fraction of sp³-hybridized carbons (Fsp3) is 0.250. The third kappa shape index (κ3) is 1.83. The van der Waals surface area contributed by atoms with Gasteiger partial charge in [0.2, 0.25) is 0 Å². The highest BCUT2D eigenvalue weighted by atomic mass is 31.1. The van der Waals surface area contributed by atoms with Crippen LogP contribution in [0, 0.1) is 0 Å². The zero-order valence-corrected chi connectivity index (χ0v) is 11.9. The van der Waals surface area contributed by atoms with Crippen LogP contribution in [-0.2, 0) is 0 Å². The summed E-state index contributed by atoms with van der Waals surface area (Å²) in [4.78, 5) is 0. The molecule has 1 aliphatic heterocycles. The Morgan fingerprint density at radius 3 is 1.67 bits per heavy atom. The Morgan fingerprint density at radius 2 is 1.22 bits per heavy atom. The molecule has 0 aromatic heterocycles. The molecule has 0 aliphatic carbocycles. The van der Waals surface area contributed by atoms with E-state index in [0.717, 1.165) is 11.5 Å². The van der Waals surface area contributed by atoms with Gasteiger partial charge in [0.1, 0.15) is 11.5 Å². The van der Waals surface area contributed by atoms with Gasteiger partial charge in [0.25, 0.3) is 0 Å². The van der Waals surface area contributed by atoms with Crippen LogP contribution in [0.2, 0.25) is 0 Å². The normalized spacial score (nSPS) is 14.6. The lowest BCUT2D eigenvalue weighted by Crippen LogP contribution is -2.30. The first kappa shape index (κ1) is 11.7. The topological polar surface area (TPSA) is 9.23 Å². The summed E-state index contributed by atoms with van der Waals surface area (Å²) in [5.41, 5.74) is 0. The molecule has 0 amide bonds. The first-order valence-corrected chi connectivity index (χ1v) is 7.58. The van der Waals surface area contributed by atoms with E-state index in [1.807, 2.05) is 12.1 Å². The number of ether oxygens (including phenoxy) is 1. The van der Waals surface area contributed by atoms with E-state index in [1.165, 1.54) is 10.6 Å². The van der Waals surface area contributed by atoms with E-state index in [0.29, 0.717) is 0 Å². The molecule has 0 saturated heterocycles. The standard InChI is InChI=1S/C16H17OP/c1-16(2,3)18-14-10-6-4-8-12(14)17-13-9-5-7-11-15(13)18/h4-11H,1-3H3. The molecule has 0 bridgehead atoms. The molecule has 1 nitrogen and oxygen atoms in total. The van der Waals surface area contributed by atoms with Crippen LogP contribution in [0.25, 0.3) is 0 Å². The molecular formula is C16H17OP. The maximum absolute atomic E-state index is 6.02. The summed E-state index contributed by atoms with van der Waals surface area (Å²) in [5.74, 6) is 2.05. The molecule has 92 valence electrons. The average Bonchev–Trinajstić information content (AvgIpc) is 2.34. The maximum Gasteiger partial charge on any atom is 0.135 e. The van der Waals surface area contributed by atoms with Gasteiger partial charge in [-0.05, 0) is 25.2 Å². The second kappa shape index (κ2) is 4.10. The lowest BCUT2D eigenvalue weighted by atomic mass is 10.2. The van der Waals surface area contributed by atoms with E-state index in [4.69, 9.17) is 4.74 Å². The van der Waals surface area contributed by atoms with Crippen molar-refractivity contribution in [2.45, 2.75) is 25.9 Å². The minimum Gasteiger partial charge on any atom is -0.456 e. The minimum absolute atomic E-state index is 0.241. The quantitative estimate of drug-likeness (QED) is 0.647. The van der Waals surface area contributed by atoms with E-state index in [9.17, 15) is 0 Å². The van der Waals surface area contributed by atoms with Gasteiger partial charge in [0.05, 0.1) is 0 Å². The molecule has 2 aromatic carbocycles. The molecule has 0 saturated carbocycles. The summed E-state index contributed by atoms with van der Waals surface area (Å²) < 4.78 is 6.02. The van der Waals surface area contributed by atoms with Crippen LogP contribution in [0.15, 0.2) is 48.5 Å². The number of hydrogen-bond acceptors (Lipinski definition) is 1. The van der Waals surface area contributed by atoms with Gasteiger partial charge >= 0.3 is 0 Å². The molecule has 18 heavy (non-hydrogen) atoms. The van der Waals surface area contributed by atoms with Crippen molar-refractivity contribution in [3.8, 4) is 11.5 Å². The highest BCUT2D eigenvalue weighted by molar-refractivity contribution is 7.74. The van der Waals surface area contributed by atoms with Crippen molar-refractivity contribution in [2.24, 2.45) is 0 Å². The number of hydrogen-bond donors (Lipinski definition) is 0. The zero-order valence-electron chi connectivity index (χ0n) is 11.0. The number of rotatable bonds is 0. The Balaban J connectivity index is 2.24. The third-order valence-electron chi connectivity index (χ3n) is 3.10. The highest BCUT2D eigenvalue weighted by Gasteiger charge is 2.34. The smallest absolute Gasteiger partial charge is 0.135 e. The largest absolute Gasteiger partial charge is 0.456 e. The summed E-state index contributed by atoms with van der Waals surface area (Å²) in [7, 11) is -0.369. The molecule has 1 aliphatic rings. The monoisotopic (exact) mass is 256 g/mol. The summed E-state index contributed by atoms with van der Waals surface area (Å²) in [6.07, 6.45) is 0. The molecule has 1 heterocycles. The molecule has 3 rings (SSSR count). The fourth-order valence-electron chi connectivity index (χ4n) is 2.43. The van der Waals surface area contributed by atoms with Gasteiger partial charge in [-0.2, -0.15) is 0 Å². The lowest BCUT2D eigenvalue weighted by molar-refractivity contribution is 0.487. The van der Waals surface area contributed by atoms with Crippen molar-refractivity contribution in [2.75, 3.05) is 0 Å². The van der Waals surface area contributed by atoms with Crippen LogP contribution in [0.5, 0.6) is 11.5 Å². The van der Waals surface area contributed by atoms with Gasteiger partial charge in [-0.1, -0.05) is 57.2 Å². The maximum atomic E-state index is 6.02. The van der Waals surface area contributed by atoms with Crippen molar-refractivity contribution in [3.63, 3.8) is 0 Å². The van der Waals surface area contributed by atoms with Crippen LogP contribution >= 0.6 is 7.92 Å². The van der Waals surface area contributed by atoms with E-state index >= 15 is 0 Å². The number of para-hydroxylation sites is 2. The Labute approximate surface area is 110 Å². The second-order valence-electron chi connectivity index (χ2n) is 5.54. The van der Waals surface area contributed by atoms with Crippen LogP contribution in [0.1, 0.15) is 20.8 Å². The van der Waals surface area contributed by atoms with Gasteiger partial charge < -0.3 is 4.74 Å². The lowest BCUT2D eigenvalue weighted by Gasteiger charge is -2.37. The van der Waals surface area contributed by atoms with E-state index in [-0.39, 0.29) is 13.1 Å². The van der Waals surface area contributed by atoms with E-state index < -0.39 is 0 Å². The first-order chi connectivity index (χ1) is 8.57. The Morgan fingerprint density at radius 1 is 0.778 bits per heavy atom. The predicted octanol–water partition coefficient (Wildman–Crippen LogP) is 4.02. The minimum atomic E-state index is -0.369. The van der Waals surface area contributed by atoms with Gasteiger partial charge in [0, 0.05) is 10.6 Å². The van der Waals surface area contributed by atoms with E-state index in [2.05, 4.69) is 57.2 Å². The first-order valence-electron chi connectivity index (χ1n) is 6.23. The molecule has 0 fully saturated rings. The van der Waals surface area contributed by atoms with Crippen molar-refractivity contribution in [3.05, 3.63) is 48.5 Å². The van der Waals surface area contributed by atoms with Crippen LogP contribution in [0.4, 0.5) is 0 Å². The molecule has 2 aromatic rings. The Hall–Kier alpha value is -1.33.